The van der Waals surface area contributed by atoms with Crippen LogP contribution in [-0.4, -0.2) is 16.1 Å². The normalized spacial score (nSPS) is 19.5. The van der Waals surface area contributed by atoms with Crippen molar-refractivity contribution in [2.45, 2.75) is 44.9 Å². The number of allylic oxidation sites excluding steroid dienone is 1. The number of furan rings is 1. The number of aliphatic imine (C=N–C) groups is 2. The van der Waals surface area contributed by atoms with Crippen LogP contribution in [0.1, 0.15) is 71.9 Å². The topological polar surface area (TPSA) is 42.8 Å². The van der Waals surface area contributed by atoms with Gasteiger partial charge in [-0.25, -0.2) is 9.98 Å². The van der Waals surface area contributed by atoms with E-state index in [1.165, 1.54) is 55.2 Å². The van der Waals surface area contributed by atoms with Crippen LogP contribution in [0.25, 0.3) is 66.3 Å². The quantitative estimate of drug-likeness (QED) is 0.171. The minimum Gasteiger partial charge on any atom is -0.456 e. The second kappa shape index (κ2) is 15.1. The van der Waals surface area contributed by atoms with Gasteiger partial charge in [-0.15, -0.1) is 0 Å². The lowest BCUT2D eigenvalue weighted by molar-refractivity contribution is 0.568. The van der Waals surface area contributed by atoms with Gasteiger partial charge in [-0.3, -0.25) is 0 Å². The van der Waals surface area contributed by atoms with E-state index in [-0.39, 0.29) is 11.8 Å². The predicted molar refractivity (Wildman–Crippen MR) is 263 cm³/mol. The summed E-state index contributed by atoms with van der Waals surface area (Å²) in [6.45, 7) is 4.64. The molecule has 4 heteroatoms. The van der Waals surface area contributed by atoms with E-state index in [1.807, 2.05) is 0 Å². The van der Waals surface area contributed by atoms with E-state index in [0.717, 1.165) is 75.0 Å². The van der Waals surface area contributed by atoms with E-state index in [4.69, 9.17) is 14.4 Å². The number of hydrogen-bond donors (Lipinski definition) is 0. The van der Waals surface area contributed by atoms with Gasteiger partial charge in [-0.1, -0.05) is 153 Å². The molecule has 0 radical (unpaired) electrons. The van der Waals surface area contributed by atoms with Gasteiger partial charge in [0.05, 0.1) is 22.4 Å². The Morgan fingerprint density at radius 2 is 1.24 bits per heavy atom. The lowest BCUT2D eigenvalue weighted by Crippen LogP contribution is -2.13. The van der Waals surface area contributed by atoms with Crippen molar-refractivity contribution in [1.29, 1.82) is 0 Å². The molecule has 1 aliphatic heterocycles. The summed E-state index contributed by atoms with van der Waals surface area (Å²) in [6, 6.07) is 67.8. The average molecular weight is 812 g/mol. The van der Waals surface area contributed by atoms with E-state index in [1.54, 1.807) is 0 Å². The molecule has 0 saturated heterocycles. The Balaban J connectivity index is 1.08. The number of fused-ring (bicyclic) bond motifs is 9. The molecular formula is C59H45N3O. The van der Waals surface area contributed by atoms with Crippen LogP contribution in [0.3, 0.4) is 0 Å². The zero-order valence-electron chi connectivity index (χ0n) is 35.4. The highest BCUT2D eigenvalue weighted by molar-refractivity contribution is 6.23. The van der Waals surface area contributed by atoms with Crippen LogP contribution in [-0.2, 0) is 6.42 Å². The highest BCUT2D eigenvalue weighted by Gasteiger charge is 2.32. The summed E-state index contributed by atoms with van der Waals surface area (Å²) in [5.41, 5.74) is 18.3. The first-order valence-corrected chi connectivity index (χ1v) is 22.2. The molecule has 3 heterocycles. The summed E-state index contributed by atoms with van der Waals surface area (Å²) < 4.78 is 9.41. The lowest BCUT2D eigenvalue weighted by Gasteiger charge is -2.24. The van der Waals surface area contributed by atoms with Crippen LogP contribution in [0.4, 0.5) is 0 Å². The van der Waals surface area contributed by atoms with Gasteiger partial charge in [0.1, 0.15) is 11.2 Å². The van der Waals surface area contributed by atoms with Crippen molar-refractivity contribution in [2.24, 2.45) is 9.98 Å². The minimum atomic E-state index is 0.178. The highest BCUT2D eigenvalue weighted by atomic mass is 16.3. The van der Waals surface area contributed by atoms with Gasteiger partial charge in [-0.2, -0.15) is 0 Å². The van der Waals surface area contributed by atoms with E-state index in [9.17, 15) is 0 Å². The third-order valence-electron chi connectivity index (χ3n) is 13.7. The van der Waals surface area contributed by atoms with Crippen molar-refractivity contribution in [3.63, 3.8) is 0 Å². The summed E-state index contributed by atoms with van der Waals surface area (Å²) in [5, 5.41) is 4.56. The molecule has 8 aromatic carbocycles. The molecule has 0 amide bonds. The van der Waals surface area contributed by atoms with E-state index < -0.39 is 0 Å². The van der Waals surface area contributed by atoms with Crippen LogP contribution >= 0.6 is 0 Å². The molecule has 63 heavy (non-hydrogen) atoms. The molecule has 2 aliphatic rings. The first kappa shape index (κ1) is 37.2. The molecule has 0 bridgehead atoms. The fourth-order valence-electron chi connectivity index (χ4n) is 10.5. The Labute approximate surface area is 367 Å². The van der Waals surface area contributed by atoms with Crippen LogP contribution in [0.15, 0.2) is 208 Å². The zero-order chi connectivity index (χ0) is 42.0. The van der Waals surface area contributed by atoms with Gasteiger partial charge in [0.2, 0.25) is 0 Å². The van der Waals surface area contributed by atoms with Crippen molar-refractivity contribution in [3.8, 4) is 16.8 Å². The van der Waals surface area contributed by atoms with Crippen molar-refractivity contribution in [2.75, 3.05) is 0 Å². The largest absolute Gasteiger partial charge is 0.456 e. The molecular weight excluding hydrogens is 767 g/mol. The number of hydrogen-bond acceptors (Lipinski definition) is 3. The summed E-state index contributed by atoms with van der Waals surface area (Å²) in [5.74, 6) is 1.12. The molecule has 4 nitrogen and oxygen atoms in total. The van der Waals surface area contributed by atoms with Gasteiger partial charge < -0.3 is 8.98 Å². The van der Waals surface area contributed by atoms with Crippen molar-refractivity contribution >= 4 is 61.0 Å². The van der Waals surface area contributed by atoms with Crippen LogP contribution in [0.5, 0.6) is 0 Å². The third-order valence-corrected chi connectivity index (χ3v) is 13.7. The summed E-state index contributed by atoms with van der Waals surface area (Å²) in [7, 11) is 0. The van der Waals surface area contributed by atoms with Gasteiger partial charge in [0.25, 0.3) is 0 Å². The summed E-state index contributed by atoms with van der Waals surface area (Å²) >= 11 is 0. The molecule has 12 rings (SSSR count). The second-order valence-corrected chi connectivity index (χ2v) is 17.3. The van der Waals surface area contributed by atoms with E-state index in [0.29, 0.717) is 5.84 Å². The molecule has 2 aromatic heterocycles. The maximum Gasteiger partial charge on any atom is 0.160 e. The lowest BCUT2D eigenvalue weighted by atomic mass is 9.79. The fraction of sp³-hybridized carbons (Fsp3) is 0.119. The molecule has 0 spiro atoms. The van der Waals surface area contributed by atoms with Gasteiger partial charge >= 0.3 is 0 Å². The summed E-state index contributed by atoms with van der Waals surface area (Å²) in [4.78, 5) is 11.3. The molecule has 0 fully saturated rings. The number of para-hydroxylation sites is 3. The van der Waals surface area contributed by atoms with Crippen LogP contribution in [0, 0.1) is 0 Å². The smallest absolute Gasteiger partial charge is 0.160 e. The predicted octanol–water partition coefficient (Wildman–Crippen LogP) is 15.3. The van der Waals surface area contributed by atoms with E-state index >= 15 is 0 Å². The van der Waals surface area contributed by atoms with Crippen LogP contribution in [0.2, 0.25) is 0 Å². The fourth-order valence-corrected chi connectivity index (χ4v) is 10.5. The molecule has 2 atom stereocenters. The summed E-state index contributed by atoms with van der Waals surface area (Å²) in [6.07, 6.45) is 2.54. The van der Waals surface area contributed by atoms with E-state index in [2.05, 4.69) is 206 Å². The monoisotopic (exact) mass is 811 g/mol. The van der Waals surface area contributed by atoms with Gasteiger partial charge in [0, 0.05) is 38.4 Å². The number of benzene rings is 8. The van der Waals surface area contributed by atoms with Gasteiger partial charge in [0.15, 0.2) is 5.84 Å². The molecule has 10 aromatic rings. The highest BCUT2D eigenvalue weighted by Crippen LogP contribution is 2.48. The molecule has 0 saturated carbocycles. The Morgan fingerprint density at radius 3 is 2.10 bits per heavy atom. The molecule has 1 aliphatic carbocycles. The SMILES string of the molecule is C/C1=C(c2ccc3c(c2)c2ccccc2n3-c2ccccc2)/N=C(c2ccc(C3Cc4ccccc4-c4ccccc4C3C)c3oc4ccccc4c23)\N=C(\c2ccccc2)CC1. The zero-order valence-corrected chi connectivity index (χ0v) is 35.4. The molecule has 2 unspecified atom stereocenters. The third kappa shape index (κ3) is 6.20. The van der Waals surface area contributed by atoms with Crippen molar-refractivity contribution in [3.05, 3.63) is 227 Å². The average Bonchev–Trinajstić information content (AvgIpc) is 3.85. The Kier molecular flexibility index (Phi) is 8.93. The molecule has 302 valence electrons. The van der Waals surface area contributed by atoms with Crippen molar-refractivity contribution in [1.82, 2.24) is 4.57 Å². The minimum absolute atomic E-state index is 0.178. The first-order chi connectivity index (χ1) is 31.1. The number of nitrogens with zero attached hydrogens (tertiary/aromatic N) is 3. The first-order valence-electron chi connectivity index (χ1n) is 22.2. The Hall–Kier alpha value is -7.56. The Morgan fingerprint density at radius 1 is 0.540 bits per heavy atom. The number of rotatable bonds is 5. The number of aromatic nitrogens is 1. The number of amidine groups is 1. The van der Waals surface area contributed by atoms with Crippen LogP contribution < -0.4 is 0 Å². The standard InChI is InChI=1S/C59H45N3O/c1-37-29-33-52(39-17-5-3-6-18-39)60-59(61-57(37)41-30-34-54-51(36-41)46-25-13-15-27-53(46)62(54)42-20-7-4-8-21-42)49-32-31-47(58-56(49)48-26-14-16-28-55(48)63-58)50-35-40-19-9-10-23-44(40)45-24-12-11-22-43(45)38(50)2/h3-28,30-32,34,36,38,50H,29,33,35H2,1-2H3/b57-37-,60-52+,61-59-. The maximum atomic E-state index is 7.04. The second-order valence-electron chi connectivity index (χ2n) is 17.3. The van der Waals surface area contributed by atoms with Gasteiger partial charge in [-0.05, 0) is 119 Å². The van der Waals surface area contributed by atoms with Crippen molar-refractivity contribution < 1.29 is 4.42 Å². The maximum absolute atomic E-state index is 7.04. The molecule has 0 N–H and O–H groups in total. The Bertz CT molecular complexity index is 3510.